The molecule has 108 valence electrons. The Labute approximate surface area is 116 Å². The van der Waals surface area contributed by atoms with Gasteiger partial charge >= 0.3 is 0 Å². The van der Waals surface area contributed by atoms with Crippen molar-refractivity contribution < 1.29 is 14.7 Å². The highest BCUT2D eigenvalue weighted by Crippen LogP contribution is 2.39. The number of ether oxygens (including phenoxy) is 1. The molecule has 0 saturated carbocycles. The lowest BCUT2D eigenvalue weighted by molar-refractivity contribution is 0.0259. The van der Waals surface area contributed by atoms with Gasteiger partial charge in [-0.05, 0) is 32.0 Å². The van der Waals surface area contributed by atoms with Crippen LogP contribution in [0.2, 0.25) is 0 Å². The second-order valence-corrected chi connectivity index (χ2v) is 5.34. The summed E-state index contributed by atoms with van der Waals surface area (Å²) in [6, 6.07) is 4.56. The Morgan fingerprint density at radius 3 is 2.80 bits per heavy atom. The molecule has 1 atom stereocenters. The summed E-state index contributed by atoms with van der Waals surface area (Å²) in [5.74, 6) is -0.203. The van der Waals surface area contributed by atoms with Crippen LogP contribution in [0.1, 0.15) is 42.2 Å². The van der Waals surface area contributed by atoms with Gasteiger partial charge in [0.05, 0.1) is 6.04 Å². The number of hydrogen-bond donors (Lipinski definition) is 4. The highest BCUT2D eigenvalue weighted by molar-refractivity contribution is 6.02. The molecule has 1 amide bonds. The number of rotatable bonds is 2. The van der Waals surface area contributed by atoms with Gasteiger partial charge in [0.25, 0.3) is 5.91 Å². The first-order valence-electron chi connectivity index (χ1n) is 6.19. The Kier molecular flexibility index (Phi) is 3.65. The summed E-state index contributed by atoms with van der Waals surface area (Å²) in [6.07, 6.45) is 0.566. The Balaban J connectivity index is 2.40. The number of nitrogens with one attached hydrogen (secondary N) is 1. The minimum atomic E-state index is -0.533. The van der Waals surface area contributed by atoms with Gasteiger partial charge in [-0.25, -0.2) is 0 Å². The number of carbonyl (C=O) groups excluding carboxylic acids is 1. The summed E-state index contributed by atoms with van der Waals surface area (Å²) in [4.78, 5) is 15.3. The van der Waals surface area contributed by atoms with E-state index >= 15 is 0 Å². The zero-order chi connectivity index (χ0) is 14.9. The van der Waals surface area contributed by atoms with Crippen LogP contribution in [-0.4, -0.2) is 22.7 Å². The van der Waals surface area contributed by atoms with Crippen LogP contribution >= 0.6 is 0 Å². The summed E-state index contributed by atoms with van der Waals surface area (Å²) in [6.45, 7) is 3.86. The predicted molar refractivity (Wildman–Crippen MR) is 73.6 cm³/mol. The van der Waals surface area contributed by atoms with E-state index in [4.69, 9.17) is 16.2 Å². The Morgan fingerprint density at radius 1 is 1.50 bits per heavy atom. The van der Waals surface area contributed by atoms with E-state index in [-0.39, 0.29) is 12.0 Å². The Morgan fingerprint density at radius 2 is 2.20 bits per heavy atom. The van der Waals surface area contributed by atoms with E-state index in [1.165, 1.54) is 0 Å². The molecule has 1 unspecified atom stereocenters. The maximum atomic E-state index is 11.8. The minimum absolute atomic E-state index is 0.290. The lowest BCUT2D eigenvalue weighted by Gasteiger charge is -2.37. The van der Waals surface area contributed by atoms with Crippen LogP contribution in [0.4, 0.5) is 0 Å². The van der Waals surface area contributed by atoms with Gasteiger partial charge in [-0.3, -0.25) is 4.79 Å². The fraction of sp³-hybridized carbons (Fsp3) is 0.385. The zero-order valence-electron chi connectivity index (χ0n) is 11.4. The highest BCUT2D eigenvalue weighted by atomic mass is 16.5. The van der Waals surface area contributed by atoms with E-state index in [0.717, 1.165) is 0 Å². The Hall–Kier alpha value is -2.12. The fourth-order valence-electron chi connectivity index (χ4n) is 2.28. The number of carbonyl (C=O) groups is 1. The predicted octanol–water partition coefficient (Wildman–Crippen LogP) is 0.681. The van der Waals surface area contributed by atoms with Crippen LogP contribution in [0.25, 0.3) is 0 Å². The molecule has 0 radical (unpaired) electrons. The van der Waals surface area contributed by atoms with Gasteiger partial charge in [0.15, 0.2) is 5.96 Å². The van der Waals surface area contributed by atoms with Crippen molar-refractivity contribution >= 4 is 11.9 Å². The molecule has 1 aliphatic heterocycles. The molecule has 0 aliphatic carbocycles. The quantitative estimate of drug-likeness (QED) is 0.358. The van der Waals surface area contributed by atoms with Gasteiger partial charge in [0.1, 0.15) is 11.4 Å². The molecule has 7 nitrogen and oxygen atoms in total. The van der Waals surface area contributed by atoms with Crippen molar-refractivity contribution in [1.29, 1.82) is 0 Å². The maximum Gasteiger partial charge on any atom is 0.280 e. The van der Waals surface area contributed by atoms with Crippen LogP contribution in [0, 0.1) is 0 Å². The van der Waals surface area contributed by atoms with Crippen LogP contribution in [0.5, 0.6) is 5.75 Å². The summed E-state index contributed by atoms with van der Waals surface area (Å²) < 4.78 is 5.82. The molecular formula is C13H18N4O3. The highest BCUT2D eigenvalue weighted by Gasteiger charge is 2.33. The molecule has 0 saturated heterocycles. The van der Waals surface area contributed by atoms with E-state index in [2.05, 4.69) is 10.5 Å². The standard InChI is InChI=1S/C13H18N4O3/c1-13(2)6-9(17-19)8-5-7(3-4-10(8)20-13)11(18)16-12(14)15/h3-5,9,17,19H,6H2,1-2H3,(H4,14,15,16,18). The number of hydrogen-bond acceptors (Lipinski definition) is 4. The van der Waals surface area contributed by atoms with E-state index < -0.39 is 11.5 Å². The van der Waals surface area contributed by atoms with Crippen LogP contribution in [-0.2, 0) is 0 Å². The van der Waals surface area contributed by atoms with Gasteiger partial charge in [-0.15, -0.1) is 0 Å². The van der Waals surface area contributed by atoms with Crippen molar-refractivity contribution in [2.75, 3.05) is 0 Å². The van der Waals surface area contributed by atoms with E-state index in [0.29, 0.717) is 23.3 Å². The van der Waals surface area contributed by atoms with E-state index in [1.807, 2.05) is 13.8 Å². The SMILES string of the molecule is CC1(C)CC(NO)c2cc(C(=O)N=C(N)N)ccc2O1. The number of benzene rings is 1. The first-order valence-corrected chi connectivity index (χ1v) is 6.19. The van der Waals surface area contributed by atoms with E-state index in [1.54, 1.807) is 18.2 Å². The third-order valence-electron chi connectivity index (χ3n) is 3.10. The molecule has 6 N–H and O–H groups in total. The molecule has 1 aromatic rings. The lowest BCUT2D eigenvalue weighted by Crippen LogP contribution is -2.38. The third-order valence-corrected chi connectivity index (χ3v) is 3.10. The van der Waals surface area contributed by atoms with Crippen molar-refractivity contribution in [3.63, 3.8) is 0 Å². The largest absolute Gasteiger partial charge is 0.487 e. The smallest absolute Gasteiger partial charge is 0.280 e. The number of hydroxylamine groups is 1. The number of guanidine groups is 1. The molecule has 2 rings (SSSR count). The molecule has 0 bridgehead atoms. The number of fused-ring (bicyclic) bond motifs is 1. The molecule has 20 heavy (non-hydrogen) atoms. The van der Waals surface area contributed by atoms with Gasteiger partial charge in [-0.1, -0.05) is 0 Å². The minimum Gasteiger partial charge on any atom is -0.487 e. The molecule has 0 fully saturated rings. The molecule has 1 aromatic carbocycles. The van der Waals surface area contributed by atoms with E-state index in [9.17, 15) is 10.0 Å². The normalized spacial score (nSPS) is 19.6. The van der Waals surface area contributed by atoms with Crippen molar-refractivity contribution in [3.05, 3.63) is 29.3 Å². The second-order valence-electron chi connectivity index (χ2n) is 5.34. The average molecular weight is 278 g/mol. The Bertz CT molecular complexity index is 565. The average Bonchev–Trinajstić information content (AvgIpc) is 2.35. The number of nitrogens with zero attached hydrogens (tertiary/aromatic N) is 1. The van der Waals surface area contributed by atoms with Crippen molar-refractivity contribution in [2.45, 2.75) is 31.9 Å². The second kappa shape index (κ2) is 5.10. The first kappa shape index (κ1) is 14.3. The van der Waals surface area contributed by atoms with Gasteiger partial charge in [-0.2, -0.15) is 10.5 Å². The number of amides is 1. The number of nitrogens with two attached hydrogens (primary N) is 2. The monoisotopic (exact) mass is 278 g/mol. The number of aliphatic imine (C=N–C) groups is 1. The van der Waals surface area contributed by atoms with Crippen molar-refractivity contribution in [1.82, 2.24) is 5.48 Å². The third kappa shape index (κ3) is 2.89. The lowest BCUT2D eigenvalue weighted by atomic mass is 9.89. The fourth-order valence-corrected chi connectivity index (χ4v) is 2.28. The molecule has 0 spiro atoms. The summed E-state index contributed by atoms with van der Waals surface area (Å²) >= 11 is 0. The van der Waals surface area contributed by atoms with Crippen LogP contribution in [0.15, 0.2) is 23.2 Å². The zero-order valence-corrected chi connectivity index (χ0v) is 11.4. The molecule has 1 aliphatic rings. The van der Waals surface area contributed by atoms with Gasteiger partial charge in [0, 0.05) is 17.5 Å². The topological polar surface area (TPSA) is 123 Å². The summed E-state index contributed by atoms with van der Waals surface area (Å²) in [5, 5.41) is 9.29. The molecule has 0 aromatic heterocycles. The van der Waals surface area contributed by atoms with Crippen LogP contribution in [0.3, 0.4) is 0 Å². The summed E-state index contributed by atoms with van der Waals surface area (Å²) in [7, 11) is 0. The van der Waals surface area contributed by atoms with Gasteiger partial charge < -0.3 is 21.4 Å². The first-order chi connectivity index (χ1) is 9.32. The summed E-state index contributed by atoms with van der Waals surface area (Å²) in [5.41, 5.74) is 13.2. The maximum absolute atomic E-state index is 11.8. The molecular weight excluding hydrogens is 260 g/mol. The van der Waals surface area contributed by atoms with Crippen molar-refractivity contribution in [2.24, 2.45) is 16.5 Å². The molecule has 7 heteroatoms. The van der Waals surface area contributed by atoms with Crippen LogP contribution < -0.4 is 21.7 Å². The van der Waals surface area contributed by atoms with Gasteiger partial charge in [0.2, 0.25) is 0 Å². The van der Waals surface area contributed by atoms with Crippen molar-refractivity contribution in [3.8, 4) is 5.75 Å². The molecule has 1 heterocycles.